The minimum Gasteiger partial charge on any atom is -0.366 e. The lowest BCUT2D eigenvalue weighted by Gasteiger charge is -1.94. The lowest BCUT2D eigenvalue weighted by atomic mass is 10.1. The van der Waals surface area contributed by atoms with Gasteiger partial charge in [-0.3, -0.25) is 4.79 Å². The molecule has 3 heteroatoms. The molecule has 0 aliphatic carbocycles. The molecular weight excluding hydrogens is 200 g/mol. The van der Waals surface area contributed by atoms with E-state index in [4.69, 9.17) is 5.73 Å². The SMILES string of the molecule is Cc1ccc2c(C=CC(N)=O)c(C)[nH]c2c1. The Morgan fingerprint density at radius 1 is 1.38 bits per heavy atom. The summed E-state index contributed by atoms with van der Waals surface area (Å²) in [7, 11) is 0. The molecule has 0 saturated heterocycles. The fraction of sp³-hybridized carbons (Fsp3) is 0.154. The third-order valence-corrected chi connectivity index (χ3v) is 2.61. The van der Waals surface area contributed by atoms with Crippen LogP contribution in [0, 0.1) is 13.8 Å². The molecule has 16 heavy (non-hydrogen) atoms. The number of H-pyrrole nitrogens is 1. The van der Waals surface area contributed by atoms with Crippen molar-refractivity contribution in [1.82, 2.24) is 4.98 Å². The van der Waals surface area contributed by atoms with Gasteiger partial charge in [0.2, 0.25) is 5.91 Å². The zero-order valence-electron chi connectivity index (χ0n) is 9.37. The van der Waals surface area contributed by atoms with E-state index in [1.165, 1.54) is 11.6 Å². The van der Waals surface area contributed by atoms with E-state index < -0.39 is 5.91 Å². The van der Waals surface area contributed by atoms with E-state index in [1.54, 1.807) is 6.08 Å². The average molecular weight is 214 g/mol. The molecule has 0 spiro atoms. The lowest BCUT2D eigenvalue weighted by Crippen LogP contribution is -2.05. The highest BCUT2D eigenvalue weighted by Gasteiger charge is 2.05. The minimum atomic E-state index is -0.430. The number of aromatic nitrogens is 1. The molecule has 0 aliphatic rings. The quantitative estimate of drug-likeness (QED) is 0.740. The molecule has 1 aromatic carbocycles. The van der Waals surface area contributed by atoms with Crippen molar-refractivity contribution in [2.45, 2.75) is 13.8 Å². The largest absolute Gasteiger partial charge is 0.366 e. The molecule has 0 bridgehead atoms. The number of aryl methyl sites for hydroxylation is 2. The van der Waals surface area contributed by atoms with Crippen LogP contribution in [-0.4, -0.2) is 10.9 Å². The molecule has 0 atom stereocenters. The van der Waals surface area contributed by atoms with E-state index >= 15 is 0 Å². The average Bonchev–Trinajstić information content (AvgIpc) is 2.50. The van der Waals surface area contributed by atoms with Gasteiger partial charge in [-0.25, -0.2) is 0 Å². The Morgan fingerprint density at radius 2 is 2.12 bits per heavy atom. The van der Waals surface area contributed by atoms with Gasteiger partial charge in [0.05, 0.1) is 0 Å². The molecular formula is C13H14N2O. The van der Waals surface area contributed by atoms with Crippen LogP contribution in [0.5, 0.6) is 0 Å². The van der Waals surface area contributed by atoms with E-state index in [9.17, 15) is 4.79 Å². The van der Waals surface area contributed by atoms with E-state index in [1.807, 2.05) is 6.92 Å². The first-order chi connectivity index (χ1) is 7.58. The minimum absolute atomic E-state index is 0.430. The van der Waals surface area contributed by atoms with Crippen molar-refractivity contribution in [3.63, 3.8) is 0 Å². The molecule has 0 fully saturated rings. The Hall–Kier alpha value is -2.03. The Kier molecular flexibility index (Phi) is 2.52. The van der Waals surface area contributed by atoms with E-state index in [-0.39, 0.29) is 0 Å². The number of benzene rings is 1. The second kappa shape index (κ2) is 3.85. The molecule has 3 N–H and O–H groups in total. The zero-order valence-corrected chi connectivity index (χ0v) is 9.37. The van der Waals surface area contributed by atoms with E-state index in [2.05, 4.69) is 30.1 Å². The number of nitrogens with two attached hydrogens (primary N) is 1. The molecule has 2 rings (SSSR count). The Balaban J connectivity index is 2.60. The molecule has 2 aromatic rings. The highest BCUT2D eigenvalue weighted by molar-refractivity contribution is 5.96. The summed E-state index contributed by atoms with van der Waals surface area (Å²) in [6.45, 7) is 4.03. The van der Waals surface area contributed by atoms with Crippen LogP contribution in [0.1, 0.15) is 16.8 Å². The molecule has 0 radical (unpaired) electrons. The van der Waals surface area contributed by atoms with Gasteiger partial charge in [0.15, 0.2) is 0 Å². The van der Waals surface area contributed by atoms with Crippen molar-refractivity contribution in [1.29, 1.82) is 0 Å². The summed E-state index contributed by atoms with van der Waals surface area (Å²) in [5.74, 6) is -0.430. The predicted molar refractivity (Wildman–Crippen MR) is 66.0 cm³/mol. The van der Waals surface area contributed by atoms with Crippen LogP contribution in [0.4, 0.5) is 0 Å². The summed E-state index contributed by atoms with van der Waals surface area (Å²) in [5, 5.41) is 1.11. The number of hydrogen-bond donors (Lipinski definition) is 2. The summed E-state index contributed by atoms with van der Waals surface area (Å²) < 4.78 is 0. The maximum atomic E-state index is 10.7. The number of carbonyl (C=O) groups is 1. The van der Waals surface area contributed by atoms with Crippen LogP contribution < -0.4 is 5.73 Å². The molecule has 82 valence electrons. The normalized spacial score (nSPS) is 11.4. The Bertz CT molecular complexity index is 579. The number of nitrogens with one attached hydrogen (secondary N) is 1. The summed E-state index contributed by atoms with van der Waals surface area (Å²) in [6.07, 6.45) is 3.14. The van der Waals surface area contributed by atoms with Crippen molar-refractivity contribution in [3.05, 3.63) is 41.1 Å². The maximum absolute atomic E-state index is 10.7. The molecule has 0 saturated carbocycles. The second-order valence-electron chi connectivity index (χ2n) is 3.95. The first kappa shape index (κ1) is 10.5. The highest BCUT2D eigenvalue weighted by Crippen LogP contribution is 2.24. The van der Waals surface area contributed by atoms with Gasteiger partial charge in [0.1, 0.15) is 0 Å². The van der Waals surface area contributed by atoms with Gasteiger partial charge in [-0.2, -0.15) is 0 Å². The Labute approximate surface area is 94.0 Å². The first-order valence-electron chi connectivity index (χ1n) is 5.14. The third-order valence-electron chi connectivity index (χ3n) is 2.61. The predicted octanol–water partition coefficient (Wildman–Crippen LogP) is 2.28. The third kappa shape index (κ3) is 1.84. The van der Waals surface area contributed by atoms with Crippen LogP contribution in [0.3, 0.4) is 0 Å². The van der Waals surface area contributed by atoms with Crippen molar-refractivity contribution in [2.75, 3.05) is 0 Å². The highest BCUT2D eigenvalue weighted by atomic mass is 16.1. The maximum Gasteiger partial charge on any atom is 0.241 e. The van der Waals surface area contributed by atoms with Gasteiger partial charge in [-0.1, -0.05) is 12.1 Å². The number of primary amides is 1. The summed E-state index contributed by atoms with van der Waals surface area (Å²) >= 11 is 0. The van der Waals surface area contributed by atoms with Crippen LogP contribution >= 0.6 is 0 Å². The van der Waals surface area contributed by atoms with Gasteiger partial charge in [-0.15, -0.1) is 0 Å². The number of fused-ring (bicyclic) bond motifs is 1. The monoisotopic (exact) mass is 214 g/mol. The molecule has 1 aromatic heterocycles. The fourth-order valence-electron chi connectivity index (χ4n) is 1.85. The summed E-state index contributed by atoms with van der Waals surface area (Å²) in [4.78, 5) is 14.0. The van der Waals surface area contributed by atoms with Gasteiger partial charge in [-0.05, 0) is 31.6 Å². The van der Waals surface area contributed by atoms with Crippen LogP contribution in [0.15, 0.2) is 24.3 Å². The molecule has 0 aliphatic heterocycles. The van der Waals surface area contributed by atoms with Gasteiger partial charge >= 0.3 is 0 Å². The zero-order chi connectivity index (χ0) is 11.7. The number of carbonyl (C=O) groups excluding carboxylic acids is 1. The van der Waals surface area contributed by atoms with Gasteiger partial charge < -0.3 is 10.7 Å². The van der Waals surface area contributed by atoms with Crippen molar-refractivity contribution >= 4 is 22.9 Å². The van der Waals surface area contributed by atoms with Gasteiger partial charge in [0.25, 0.3) is 0 Å². The standard InChI is InChI=1S/C13H14N2O/c1-8-3-4-11-10(5-6-13(14)16)9(2)15-12(11)7-8/h3-7,15H,1-2H3,(H2,14,16). The van der Waals surface area contributed by atoms with E-state index in [0.717, 1.165) is 22.2 Å². The molecule has 0 unspecified atom stereocenters. The van der Waals surface area contributed by atoms with Crippen LogP contribution in [0.2, 0.25) is 0 Å². The molecule has 1 heterocycles. The number of rotatable bonds is 2. The molecule has 1 amide bonds. The van der Waals surface area contributed by atoms with Crippen molar-refractivity contribution < 1.29 is 4.79 Å². The fourth-order valence-corrected chi connectivity index (χ4v) is 1.85. The second-order valence-corrected chi connectivity index (χ2v) is 3.95. The molecule has 3 nitrogen and oxygen atoms in total. The number of hydrogen-bond acceptors (Lipinski definition) is 1. The summed E-state index contributed by atoms with van der Waals surface area (Å²) in [5.41, 5.74) is 9.45. The van der Waals surface area contributed by atoms with Crippen molar-refractivity contribution in [2.24, 2.45) is 5.73 Å². The van der Waals surface area contributed by atoms with Crippen LogP contribution in [0.25, 0.3) is 17.0 Å². The first-order valence-corrected chi connectivity index (χ1v) is 5.14. The van der Waals surface area contributed by atoms with Crippen molar-refractivity contribution in [3.8, 4) is 0 Å². The summed E-state index contributed by atoms with van der Waals surface area (Å²) in [6, 6.07) is 6.19. The van der Waals surface area contributed by atoms with E-state index in [0.29, 0.717) is 0 Å². The number of aromatic amines is 1. The number of amides is 1. The smallest absolute Gasteiger partial charge is 0.241 e. The lowest BCUT2D eigenvalue weighted by molar-refractivity contribution is -0.113. The van der Waals surface area contributed by atoms with Gasteiger partial charge in [0, 0.05) is 28.2 Å². The topological polar surface area (TPSA) is 58.9 Å². The Morgan fingerprint density at radius 3 is 2.81 bits per heavy atom. The van der Waals surface area contributed by atoms with Crippen LogP contribution in [-0.2, 0) is 4.79 Å².